The number of benzene rings is 1. The molecule has 3 aliphatic rings. The molecule has 2 heterocycles. The predicted molar refractivity (Wildman–Crippen MR) is 81.5 cm³/mol. The van der Waals surface area contributed by atoms with Crippen LogP contribution < -0.4 is 4.74 Å². The highest BCUT2D eigenvalue weighted by molar-refractivity contribution is 6.30. The second kappa shape index (κ2) is 5.43. The van der Waals surface area contributed by atoms with Gasteiger partial charge < -0.3 is 14.2 Å². The van der Waals surface area contributed by atoms with E-state index >= 15 is 0 Å². The number of aryl methyl sites for hydroxylation is 1. The fraction of sp³-hybridized carbons (Fsp3) is 0.588. The Balaban J connectivity index is 1.50. The molecule has 4 rings (SSSR count). The minimum absolute atomic E-state index is 0.145. The van der Waals surface area contributed by atoms with Gasteiger partial charge in [-0.25, -0.2) is 0 Å². The van der Waals surface area contributed by atoms with E-state index in [4.69, 9.17) is 25.8 Å². The van der Waals surface area contributed by atoms with Gasteiger partial charge >= 0.3 is 5.97 Å². The maximum Gasteiger partial charge on any atom is 0.305 e. The molecule has 0 aromatic heterocycles. The Kier molecular flexibility index (Phi) is 3.54. The van der Waals surface area contributed by atoms with Crippen molar-refractivity contribution in [2.75, 3.05) is 6.61 Å². The molecule has 22 heavy (non-hydrogen) atoms. The van der Waals surface area contributed by atoms with Gasteiger partial charge in [0.05, 0.1) is 24.7 Å². The number of esters is 1. The highest BCUT2D eigenvalue weighted by Crippen LogP contribution is 2.56. The third kappa shape index (κ3) is 2.38. The summed E-state index contributed by atoms with van der Waals surface area (Å²) in [4.78, 5) is 11.4. The molecule has 4 atom stereocenters. The molecular weight excluding hydrogens is 304 g/mol. The van der Waals surface area contributed by atoms with Crippen LogP contribution in [0.1, 0.15) is 43.2 Å². The van der Waals surface area contributed by atoms with E-state index in [1.807, 2.05) is 19.1 Å². The lowest BCUT2D eigenvalue weighted by Gasteiger charge is -2.11. The van der Waals surface area contributed by atoms with Gasteiger partial charge in [-0.15, -0.1) is 0 Å². The lowest BCUT2D eigenvalue weighted by Crippen LogP contribution is -2.17. The van der Waals surface area contributed by atoms with E-state index < -0.39 is 0 Å². The highest BCUT2D eigenvalue weighted by atomic mass is 35.5. The molecule has 1 aromatic carbocycles. The fourth-order valence-corrected chi connectivity index (χ4v) is 4.05. The van der Waals surface area contributed by atoms with Crippen molar-refractivity contribution in [3.05, 3.63) is 28.3 Å². The van der Waals surface area contributed by atoms with Crippen LogP contribution in [0.3, 0.4) is 0 Å². The number of fused-ring (bicyclic) bond motifs is 5. The van der Waals surface area contributed by atoms with E-state index in [1.54, 1.807) is 0 Å². The van der Waals surface area contributed by atoms with Crippen molar-refractivity contribution in [1.29, 1.82) is 0 Å². The van der Waals surface area contributed by atoms with E-state index in [0.717, 1.165) is 35.6 Å². The quantitative estimate of drug-likeness (QED) is 0.617. The Morgan fingerprint density at radius 1 is 1.41 bits per heavy atom. The van der Waals surface area contributed by atoms with Gasteiger partial charge in [-0.2, -0.15) is 0 Å². The Hall–Kier alpha value is -1.26. The average molecular weight is 323 g/mol. The van der Waals surface area contributed by atoms with Crippen LogP contribution in [0.25, 0.3) is 0 Å². The van der Waals surface area contributed by atoms with E-state index in [1.165, 1.54) is 5.56 Å². The Morgan fingerprint density at radius 3 is 3.09 bits per heavy atom. The second-order valence-electron chi connectivity index (χ2n) is 6.20. The highest BCUT2D eigenvalue weighted by Gasteiger charge is 2.60. The third-order valence-corrected chi connectivity index (χ3v) is 4.98. The summed E-state index contributed by atoms with van der Waals surface area (Å²) in [7, 11) is 0. The van der Waals surface area contributed by atoms with E-state index in [2.05, 4.69) is 0 Å². The van der Waals surface area contributed by atoms with Crippen molar-refractivity contribution in [2.24, 2.45) is 0 Å². The van der Waals surface area contributed by atoms with Crippen molar-refractivity contribution in [1.82, 2.24) is 0 Å². The summed E-state index contributed by atoms with van der Waals surface area (Å²) >= 11 is 6.28. The molecule has 5 heteroatoms. The van der Waals surface area contributed by atoms with Gasteiger partial charge in [-0.1, -0.05) is 11.6 Å². The summed E-state index contributed by atoms with van der Waals surface area (Å²) in [5.41, 5.74) is 2.28. The van der Waals surface area contributed by atoms with Crippen LogP contribution in [-0.4, -0.2) is 30.9 Å². The van der Waals surface area contributed by atoms with Crippen LogP contribution in [0.4, 0.5) is 0 Å². The summed E-state index contributed by atoms with van der Waals surface area (Å²) < 4.78 is 16.8. The summed E-state index contributed by atoms with van der Waals surface area (Å²) in [5.74, 6) is 1.16. The zero-order valence-corrected chi connectivity index (χ0v) is 13.3. The van der Waals surface area contributed by atoms with Crippen molar-refractivity contribution in [3.8, 4) is 5.75 Å². The van der Waals surface area contributed by atoms with Gasteiger partial charge in [0.15, 0.2) is 0 Å². The number of carbonyl (C=O) groups excluding carboxylic acids is 1. The van der Waals surface area contributed by atoms with E-state index in [0.29, 0.717) is 31.2 Å². The van der Waals surface area contributed by atoms with Crippen molar-refractivity contribution in [2.45, 2.75) is 56.8 Å². The Morgan fingerprint density at radius 2 is 2.27 bits per heavy atom. The first kappa shape index (κ1) is 14.3. The van der Waals surface area contributed by atoms with Gasteiger partial charge in [0.1, 0.15) is 11.9 Å². The molecular formula is C17H19ClO4. The van der Waals surface area contributed by atoms with Crippen LogP contribution in [0, 0.1) is 0 Å². The summed E-state index contributed by atoms with van der Waals surface area (Å²) in [5, 5.41) is 0.734. The maximum atomic E-state index is 11.4. The van der Waals surface area contributed by atoms with Gasteiger partial charge in [0.2, 0.25) is 0 Å². The Labute approximate surface area is 134 Å². The van der Waals surface area contributed by atoms with Crippen LogP contribution in [0.2, 0.25) is 5.02 Å². The minimum atomic E-state index is -0.145. The number of ether oxygens (including phenoxy) is 3. The van der Waals surface area contributed by atoms with Gasteiger partial charge in [0, 0.05) is 23.4 Å². The fourth-order valence-electron chi connectivity index (χ4n) is 3.81. The molecule has 2 fully saturated rings. The summed E-state index contributed by atoms with van der Waals surface area (Å²) in [6, 6.07) is 3.97. The number of rotatable bonds is 5. The standard InChI is InChI=1S/C17H19ClO4/c1-2-20-14(19)5-3-4-9-6-10(18)7-11-15-12(21-16(9)11)8-13-17(15)22-13/h6-7,12-13,15,17H,2-5,8H2,1H3/t12?,13-,15?,17-/m1/s1. The molecule has 1 saturated heterocycles. The maximum absolute atomic E-state index is 11.4. The molecule has 0 radical (unpaired) electrons. The van der Waals surface area contributed by atoms with Crippen molar-refractivity contribution in [3.63, 3.8) is 0 Å². The van der Waals surface area contributed by atoms with Gasteiger partial charge in [-0.05, 0) is 37.5 Å². The van der Waals surface area contributed by atoms with Crippen molar-refractivity contribution >= 4 is 17.6 Å². The summed E-state index contributed by atoms with van der Waals surface area (Å²) in [6.07, 6.45) is 3.86. The average Bonchev–Trinajstić information content (AvgIpc) is 2.98. The normalized spacial score (nSPS) is 30.3. The molecule has 0 amide bonds. The largest absolute Gasteiger partial charge is 0.489 e. The zero-order valence-electron chi connectivity index (χ0n) is 12.5. The molecule has 2 unspecified atom stereocenters. The Bertz CT molecular complexity index is 615. The monoisotopic (exact) mass is 322 g/mol. The SMILES string of the molecule is CCOC(=O)CCCc1cc(Cl)cc2c1OC1C[C@H]3O[C@H]3C21. The van der Waals surface area contributed by atoms with Crippen LogP contribution >= 0.6 is 11.6 Å². The predicted octanol–water partition coefficient (Wildman–Crippen LogP) is 3.24. The first-order chi connectivity index (χ1) is 10.7. The smallest absolute Gasteiger partial charge is 0.305 e. The van der Waals surface area contributed by atoms with Crippen LogP contribution in [0.5, 0.6) is 5.75 Å². The lowest BCUT2D eigenvalue weighted by molar-refractivity contribution is -0.143. The first-order valence-corrected chi connectivity index (χ1v) is 8.35. The molecule has 1 aromatic rings. The molecule has 0 bridgehead atoms. The third-order valence-electron chi connectivity index (χ3n) is 4.76. The molecule has 0 N–H and O–H groups in total. The molecule has 1 aliphatic carbocycles. The first-order valence-electron chi connectivity index (χ1n) is 7.97. The number of epoxide rings is 1. The van der Waals surface area contributed by atoms with Gasteiger partial charge in [0.25, 0.3) is 0 Å². The molecule has 118 valence electrons. The van der Waals surface area contributed by atoms with E-state index in [-0.39, 0.29) is 12.1 Å². The molecule has 1 saturated carbocycles. The number of hydrogen-bond acceptors (Lipinski definition) is 4. The van der Waals surface area contributed by atoms with Crippen LogP contribution in [-0.2, 0) is 20.7 Å². The lowest BCUT2D eigenvalue weighted by atomic mass is 9.94. The molecule has 0 spiro atoms. The minimum Gasteiger partial charge on any atom is -0.489 e. The molecule has 4 nitrogen and oxygen atoms in total. The number of hydrogen-bond donors (Lipinski definition) is 0. The number of carbonyl (C=O) groups is 1. The van der Waals surface area contributed by atoms with E-state index in [9.17, 15) is 4.79 Å². The second-order valence-corrected chi connectivity index (χ2v) is 6.64. The molecule has 2 aliphatic heterocycles. The summed E-state index contributed by atoms with van der Waals surface area (Å²) in [6.45, 7) is 2.25. The zero-order chi connectivity index (χ0) is 15.3. The topological polar surface area (TPSA) is 48.1 Å². The van der Waals surface area contributed by atoms with Crippen LogP contribution in [0.15, 0.2) is 12.1 Å². The number of halogens is 1. The van der Waals surface area contributed by atoms with Crippen molar-refractivity contribution < 1.29 is 19.0 Å². The van der Waals surface area contributed by atoms with Gasteiger partial charge in [-0.3, -0.25) is 4.79 Å².